The largest absolute Gasteiger partial charge is 0.370 e. The summed E-state index contributed by atoms with van der Waals surface area (Å²) >= 11 is 0. The van der Waals surface area contributed by atoms with E-state index in [0.717, 1.165) is 37.6 Å². The van der Waals surface area contributed by atoms with Crippen molar-refractivity contribution in [2.75, 3.05) is 39.0 Å². The van der Waals surface area contributed by atoms with Crippen LogP contribution in [0.4, 0.5) is 0 Å². The number of sulfone groups is 1. The van der Waals surface area contributed by atoms with Crippen LogP contribution < -0.4 is 5.32 Å². The molecule has 0 spiro atoms. The first-order valence-electron chi connectivity index (χ1n) is 10.4. The monoisotopic (exact) mass is 429 g/mol. The molecule has 1 heterocycles. The molecule has 1 saturated heterocycles. The molecule has 0 aliphatic carbocycles. The fourth-order valence-electron chi connectivity index (χ4n) is 3.60. The number of guanidine groups is 1. The van der Waals surface area contributed by atoms with Gasteiger partial charge in [0, 0.05) is 25.9 Å². The first kappa shape index (κ1) is 22.3. The van der Waals surface area contributed by atoms with Crippen molar-refractivity contribution in [3.05, 3.63) is 65.2 Å². The summed E-state index contributed by atoms with van der Waals surface area (Å²) < 4.78 is 29.2. The van der Waals surface area contributed by atoms with Crippen LogP contribution in [0.3, 0.4) is 0 Å². The number of rotatable bonds is 6. The number of hydrogen-bond donors (Lipinski definition) is 1. The summed E-state index contributed by atoms with van der Waals surface area (Å²) in [5, 5.41) is 3.40. The molecule has 7 heteroatoms. The van der Waals surface area contributed by atoms with E-state index < -0.39 is 9.84 Å². The molecule has 1 unspecified atom stereocenters. The molecular weight excluding hydrogens is 398 g/mol. The lowest BCUT2D eigenvalue weighted by Gasteiger charge is -2.35. The number of benzene rings is 2. The summed E-state index contributed by atoms with van der Waals surface area (Å²) in [4.78, 5) is 7.42. The number of nitrogens with one attached hydrogen (secondary N) is 1. The van der Waals surface area contributed by atoms with Crippen LogP contribution in [0.2, 0.25) is 0 Å². The number of morpholine rings is 1. The number of aryl methyl sites for hydroxylation is 1. The van der Waals surface area contributed by atoms with Crippen molar-refractivity contribution in [3.63, 3.8) is 0 Å². The van der Waals surface area contributed by atoms with Gasteiger partial charge in [-0.05, 0) is 49.1 Å². The number of hydrogen-bond acceptors (Lipinski definition) is 4. The molecular formula is C23H31N3O3S. The average molecular weight is 430 g/mol. The molecule has 0 aromatic heterocycles. The highest BCUT2D eigenvalue weighted by Crippen LogP contribution is 2.25. The van der Waals surface area contributed by atoms with Crippen molar-refractivity contribution in [1.82, 2.24) is 10.2 Å². The van der Waals surface area contributed by atoms with E-state index in [2.05, 4.69) is 42.3 Å². The van der Waals surface area contributed by atoms with E-state index in [9.17, 15) is 8.42 Å². The van der Waals surface area contributed by atoms with Gasteiger partial charge in [-0.2, -0.15) is 0 Å². The maximum absolute atomic E-state index is 11.6. The van der Waals surface area contributed by atoms with Crippen molar-refractivity contribution in [3.8, 4) is 0 Å². The lowest BCUT2D eigenvalue weighted by molar-refractivity contribution is -0.00832. The zero-order valence-electron chi connectivity index (χ0n) is 18.0. The first-order valence-corrected chi connectivity index (χ1v) is 12.3. The van der Waals surface area contributed by atoms with Crippen molar-refractivity contribution < 1.29 is 13.2 Å². The maximum Gasteiger partial charge on any atom is 0.194 e. The smallest absolute Gasteiger partial charge is 0.194 e. The van der Waals surface area contributed by atoms with Crippen LogP contribution in [0.15, 0.2) is 58.4 Å². The summed E-state index contributed by atoms with van der Waals surface area (Å²) in [7, 11) is -3.16. The second-order valence-corrected chi connectivity index (χ2v) is 9.58. The predicted octanol–water partition coefficient (Wildman–Crippen LogP) is 2.98. The van der Waals surface area contributed by atoms with Crippen LogP contribution in [0.5, 0.6) is 0 Å². The highest BCUT2D eigenvalue weighted by atomic mass is 32.2. The van der Waals surface area contributed by atoms with Crippen LogP contribution in [-0.2, 0) is 21.0 Å². The summed E-state index contributed by atoms with van der Waals surface area (Å²) in [6, 6.07) is 15.4. The summed E-state index contributed by atoms with van der Waals surface area (Å²) in [5.41, 5.74) is 3.54. The summed E-state index contributed by atoms with van der Waals surface area (Å²) in [5.74, 6) is 0.896. The van der Waals surface area contributed by atoms with Gasteiger partial charge in [0.25, 0.3) is 0 Å². The zero-order chi connectivity index (χ0) is 21.6. The maximum atomic E-state index is 11.6. The van der Waals surface area contributed by atoms with Gasteiger partial charge in [-0.3, -0.25) is 4.99 Å². The molecule has 2 aromatic carbocycles. The van der Waals surface area contributed by atoms with Crippen molar-refractivity contribution in [2.45, 2.75) is 31.3 Å². The van der Waals surface area contributed by atoms with Crippen molar-refractivity contribution in [1.29, 1.82) is 0 Å². The quantitative estimate of drug-likeness (QED) is 0.565. The van der Waals surface area contributed by atoms with Gasteiger partial charge in [0.15, 0.2) is 15.8 Å². The Morgan fingerprint density at radius 3 is 2.60 bits per heavy atom. The molecule has 3 rings (SSSR count). The molecule has 2 aromatic rings. The molecule has 1 aliphatic rings. The summed E-state index contributed by atoms with van der Waals surface area (Å²) in [6.07, 6.45) is 2.01. The molecule has 30 heavy (non-hydrogen) atoms. The van der Waals surface area contributed by atoms with Gasteiger partial charge in [0.2, 0.25) is 0 Å². The minimum absolute atomic E-state index is 0.0346. The van der Waals surface area contributed by atoms with Gasteiger partial charge in [0.1, 0.15) is 6.10 Å². The Kier molecular flexibility index (Phi) is 7.50. The molecule has 0 radical (unpaired) electrons. The Bertz CT molecular complexity index is 971. The molecule has 6 nitrogen and oxygen atoms in total. The number of nitrogens with zero attached hydrogens (tertiary/aromatic N) is 2. The Balaban J connectivity index is 1.65. The highest BCUT2D eigenvalue weighted by Gasteiger charge is 2.25. The minimum atomic E-state index is -3.16. The van der Waals surface area contributed by atoms with E-state index in [1.807, 2.05) is 18.2 Å². The van der Waals surface area contributed by atoms with Crippen LogP contribution in [0.1, 0.15) is 29.7 Å². The first-order chi connectivity index (χ1) is 14.4. The molecule has 1 N–H and O–H groups in total. The van der Waals surface area contributed by atoms with Gasteiger partial charge >= 0.3 is 0 Å². The molecule has 1 fully saturated rings. The van der Waals surface area contributed by atoms with E-state index in [1.165, 1.54) is 17.4 Å². The third kappa shape index (κ3) is 5.83. The molecule has 0 saturated carbocycles. The second kappa shape index (κ2) is 10.1. The number of ether oxygens (including phenoxy) is 1. The fourth-order valence-corrected chi connectivity index (χ4v) is 4.23. The van der Waals surface area contributed by atoms with Crippen LogP contribution in [0, 0.1) is 6.92 Å². The van der Waals surface area contributed by atoms with Gasteiger partial charge in [-0.15, -0.1) is 0 Å². The Labute approximate surface area is 179 Å². The molecule has 1 aliphatic heterocycles. The lowest BCUT2D eigenvalue weighted by atomic mass is 10.0. The highest BCUT2D eigenvalue weighted by molar-refractivity contribution is 7.90. The molecule has 0 bridgehead atoms. The Hall–Kier alpha value is -2.38. The minimum Gasteiger partial charge on any atom is -0.370 e. The van der Waals surface area contributed by atoms with Crippen LogP contribution >= 0.6 is 0 Å². The van der Waals surface area contributed by atoms with Gasteiger partial charge in [-0.1, -0.05) is 36.4 Å². The van der Waals surface area contributed by atoms with Crippen molar-refractivity contribution >= 4 is 15.8 Å². The number of aliphatic imine (C=N–C) groups is 1. The van der Waals surface area contributed by atoms with E-state index in [4.69, 9.17) is 9.73 Å². The Morgan fingerprint density at radius 1 is 1.20 bits per heavy atom. The topological polar surface area (TPSA) is 71.0 Å². The third-order valence-corrected chi connectivity index (χ3v) is 6.38. The predicted molar refractivity (Wildman–Crippen MR) is 121 cm³/mol. The van der Waals surface area contributed by atoms with Crippen LogP contribution in [-0.4, -0.2) is 58.3 Å². The summed E-state index contributed by atoms with van der Waals surface area (Å²) in [6.45, 7) is 7.85. The van der Waals surface area contributed by atoms with Gasteiger partial charge in [0.05, 0.1) is 18.0 Å². The third-order valence-electron chi connectivity index (χ3n) is 5.25. The molecule has 1 atom stereocenters. The van der Waals surface area contributed by atoms with E-state index in [0.29, 0.717) is 18.0 Å². The zero-order valence-corrected chi connectivity index (χ0v) is 18.8. The molecule has 162 valence electrons. The Morgan fingerprint density at radius 2 is 1.93 bits per heavy atom. The normalized spacial score (nSPS) is 17.8. The average Bonchev–Trinajstić information content (AvgIpc) is 2.73. The van der Waals surface area contributed by atoms with E-state index in [-0.39, 0.29) is 6.10 Å². The SMILES string of the molecule is CCNC(=NCCc1ccc(S(C)(=O)=O)cc1)N1CCOC(c2ccccc2C)C1. The second-order valence-electron chi connectivity index (χ2n) is 7.56. The van der Waals surface area contributed by atoms with E-state index in [1.54, 1.807) is 12.1 Å². The fraction of sp³-hybridized carbons (Fsp3) is 0.435. The van der Waals surface area contributed by atoms with Gasteiger partial charge in [-0.25, -0.2) is 8.42 Å². The van der Waals surface area contributed by atoms with Crippen molar-refractivity contribution in [2.24, 2.45) is 4.99 Å². The van der Waals surface area contributed by atoms with Gasteiger partial charge < -0.3 is 15.0 Å². The van der Waals surface area contributed by atoms with E-state index >= 15 is 0 Å². The standard InChI is InChI=1S/C23H31N3O3S/c1-4-24-23(25-14-13-19-9-11-20(12-10-19)30(3,27)28)26-15-16-29-22(17-26)21-8-6-5-7-18(21)2/h5-12,22H,4,13-17H2,1-3H3,(H,24,25). The molecule has 0 amide bonds. The lowest BCUT2D eigenvalue weighted by Crippen LogP contribution is -2.48. The van der Waals surface area contributed by atoms with Crippen LogP contribution in [0.25, 0.3) is 0 Å².